The van der Waals surface area contributed by atoms with Gasteiger partial charge in [0.25, 0.3) is 0 Å². The van der Waals surface area contributed by atoms with Gasteiger partial charge in [0, 0.05) is 41.4 Å². The standard InChI is InChI=1S/C19H24ClN3O/c1-14-15(2)21-13-22-18(14)23-9-7-19(12-24,8-10-23)11-16-5-3-4-6-17(16)20/h3-6,13,24H,7-12H2,1-2H3. The molecule has 3 rings (SSSR count). The average molecular weight is 346 g/mol. The van der Waals surface area contributed by atoms with Crippen molar-refractivity contribution < 1.29 is 5.11 Å². The van der Waals surface area contributed by atoms with Crippen molar-refractivity contribution in [1.82, 2.24) is 9.97 Å². The van der Waals surface area contributed by atoms with Gasteiger partial charge in [-0.3, -0.25) is 0 Å². The van der Waals surface area contributed by atoms with E-state index in [1.165, 1.54) is 0 Å². The summed E-state index contributed by atoms with van der Waals surface area (Å²) in [5.41, 5.74) is 3.18. The highest BCUT2D eigenvalue weighted by Crippen LogP contribution is 2.37. The Balaban J connectivity index is 1.74. The first-order chi connectivity index (χ1) is 11.5. The van der Waals surface area contributed by atoms with Crippen LogP contribution in [0.15, 0.2) is 30.6 Å². The molecule has 1 N–H and O–H groups in total. The maximum absolute atomic E-state index is 10.1. The molecule has 24 heavy (non-hydrogen) atoms. The molecular weight excluding hydrogens is 322 g/mol. The van der Waals surface area contributed by atoms with Gasteiger partial charge in [0.2, 0.25) is 0 Å². The molecule has 0 bridgehead atoms. The zero-order valence-electron chi connectivity index (χ0n) is 14.3. The summed E-state index contributed by atoms with van der Waals surface area (Å²) < 4.78 is 0. The Morgan fingerprint density at radius 2 is 1.88 bits per heavy atom. The number of aryl methyl sites for hydroxylation is 1. The Hall–Kier alpha value is -1.65. The molecule has 1 aliphatic rings. The summed E-state index contributed by atoms with van der Waals surface area (Å²) in [6.07, 6.45) is 4.31. The molecule has 0 spiro atoms. The van der Waals surface area contributed by atoms with Gasteiger partial charge in [-0.15, -0.1) is 0 Å². The molecule has 0 unspecified atom stereocenters. The third-order valence-electron chi connectivity index (χ3n) is 5.29. The minimum atomic E-state index is -0.0997. The third-order valence-corrected chi connectivity index (χ3v) is 5.66. The quantitative estimate of drug-likeness (QED) is 0.920. The molecule has 128 valence electrons. The van der Waals surface area contributed by atoms with Crippen LogP contribution in [0.2, 0.25) is 5.02 Å². The molecule has 1 saturated heterocycles. The van der Waals surface area contributed by atoms with Crippen LogP contribution < -0.4 is 4.90 Å². The van der Waals surface area contributed by atoms with E-state index in [-0.39, 0.29) is 12.0 Å². The van der Waals surface area contributed by atoms with E-state index in [9.17, 15) is 5.11 Å². The van der Waals surface area contributed by atoms with Crippen molar-refractivity contribution >= 4 is 17.4 Å². The molecule has 1 aromatic carbocycles. The number of nitrogens with zero attached hydrogens (tertiary/aromatic N) is 3. The Kier molecular flexibility index (Phi) is 5.07. The van der Waals surface area contributed by atoms with E-state index >= 15 is 0 Å². The second-order valence-corrected chi connectivity index (χ2v) is 7.23. The molecule has 0 saturated carbocycles. The average Bonchev–Trinajstić information content (AvgIpc) is 2.60. The van der Waals surface area contributed by atoms with Gasteiger partial charge < -0.3 is 10.0 Å². The summed E-state index contributed by atoms with van der Waals surface area (Å²) in [6.45, 7) is 6.06. The zero-order valence-corrected chi connectivity index (χ0v) is 15.1. The van der Waals surface area contributed by atoms with Crippen LogP contribution in [0.1, 0.15) is 29.7 Å². The number of anilines is 1. The SMILES string of the molecule is Cc1ncnc(N2CCC(CO)(Cc3ccccc3Cl)CC2)c1C. The number of hydrogen-bond acceptors (Lipinski definition) is 4. The lowest BCUT2D eigenvalue weighted by molar-refractivity contribution is 0.0961. The molecule has 2 aromatic rings. The van der Waals surface area contributed by atoms with Crippen LogP contribution in [-0.4, -0.2) is 34.8 Å². The lowest BCUT2D eigenvalue weighted by Crippen LogP contribution is -2.44. The molecule has 1 fully saturated rings. The molecule has 1 aliphatic heterocycles. The van der Waals surface area contributed by atoms with Gasteiger partial charge in [-0.05, 0) is 44.7 Å². The number of piperidine rings is 1. The minimum absolute atomic E-state index is 0.0997. The van der Waals surface area contributed by atoms with Crippen molar-refractivity contribution in [2.75, 3.05) is 24.6 Å². The van der Waals surface area contributed by atoms with Crippen LogP contribution in [0, 0.1) is 19.3 Å². The van der Waals surface area contributed by atoms with Gasteiger partial charge in [0.05, 0.1) is 0 Å². The second kappa shape index (κ2) is 7.08. The van der Waals surface area contributed by atoms with Crippen LogP contribution in [0.5, 0.6) is 0 Å². The number of aliphatic hydroxyl groups excluding tert-OH is 1. The van der Waals surface area contributed by atoms with Gasteiger partial charge in [-0.1, -0.05) is 29.8 Å². The molecule has 0 atom stereocenters. The number of aliphatic hydroxyl groups is 1. The highest BCUT2D eigenvalue weighted by Gasteiger charge is 2.35. The van der Waals surface area contributed by atoms with E-state index < -0.39 is 0 Å². The monoisotopic (exact) mass is 345 g/mol. The third kappa shape index (κ3) is 3.40. The van der Waals surface area contributed by atoms with Gasteiger partial charge >= 0.3 is 0 Å². The second-order valence-electron chi connectivity index (χ2n) is 6.82. The molecule has 5 heteroatoms. The lowest BCUT2D eigenvalue weighted by Gasteiger charge is -2.42. The van der Waals surface area contributed by atoms with Crippen molar-refractivity contribution in [3.63, 3.8) is 0 Å². The summed E-state index contributed by atoms with van der Waals surface area (Å²) in [7, 11) is 0. The summed E-state index contributed by atoms with van der Waals surface area (Å²) in [4.78, 5) is 11.0. The molecule has 2 heterocycles. The lowest BCUT2D eigenvalue weighted by atomic mass is 9.74. The van der Waals surface area contributed by atoms with E-state index in [0.717, 1.165) is 60.0 Å². The van der Waals surface area contributed by atoms with Crippen LogP contribution in [0.3, 0.4) is 0 Å². The summed E-state index contributed by atoms with van der Waals surface area (Å²) in [5.74, 6) is 1.02. The van der Waals surface area contributed by atoms with Crippen molar-refractivity contribution in [2.24, 2.45) is 5.41 Å². The van der Waals surface area contributed by atoms with Crippen LogP contribution in [-0.2, 0) is 6.42 Å². The van der Waals surface area contributed by atoms with Crippen molar-refractivity contribution in [3.8, 4) is 0 Å². The van der Waals surface area contributed by atoms with Gasteiger partial charge in [0.15, 0.2) is 0 Å². The van der Waals surface area contributed by atoms with Crippen molar-refractivity contribution in [2.45, 2.75) is 33.1 Å². The van der Waals surface area contributed by atoms with Crippen molar-refractivity contribution in [1.29, 1.82) is 0 Å². The largest absolute Gasteiger partial charge is 0.396 e. The number of benzene rings is 1. The van der Waals surface area contributed by atoms with Crippen LogP contribution in [0.4, 0.5) is 5.82 Å². The predicted octanol–water partition coefficient (Wildman–Crippen LogP) is 3.57. The molecule has 4 nitrogen and oxygen atoms in total. The molecule has 0 aliphatic carbocycles. The highest BCUT2D eigenvalue weighted by molar-refractivity contribution is 6.31. The topological polar surface area (TPSA) is 49.2 Å². The van der Waals surface area contributed by atoms with E-state index in [1.807, 2.05) is 25.1 Å². The van der Waals surface area contributed by atoms with Crippen LogP contribution >= 0.6 is 11.6 Å². The molecule has 0 radical (unpaired) electrons. The number of hydrogen-bond donors (Lipinski definition) is 1. The van der Waals surface area contributed by atoms with E-state index in [4.69, 9.17) is 11.6 Å². The zero-order chi connectivity index (χ0) is 17.2. The smallest absolute Gasteiger partial charge is 0.135 e. The van der Waals surface area contributed by atoms with Crippen molar-refractivity contribution in [3.05, 3.63) is 52.4 Å². The van der Waals surface area contributed by atoms with Crippen LogP contribution in [0.25, 0.3) is 0 Å². The first kappa shape index (κ1) is 17.2. The number of aromatic nitrogens is 2. The first-order valence-corrected chi connectivity index (χ1v) is 8.80. The first-order valence-electron chi connectivity index (χ1n) is 8.42. The summed E-state index contributed by atoms with van der Waals surface area (Å²) in [6, 6.07) is 7.93. The van der Waals surface area contributed by atoms with Gasteiger partial charge in [-0.25, -0.2) is 9.97 Å². The fraction of sp³-hybridized carbons (Fsp3) is 0.474. The normalized spacial score (nSPS) is 17.1. The van der Waals surface area contributed by atoms with E-state index in [2.05, 4.69) is 27.9 Å². The Morgan fingerprint density at radius 3 is 2.54 bits per heavy atom. The molecule has 0 amide bonds. The highest BCUT2D eigenvalue weighted by atomic mass is 35.5. The minimum Gasteiger partial charge on any atom is -0.396 e. The summed E-state index contributed by atoms with van der Waals surface area (Å²) in [5, 5.41) is 10.8. The van der Waals surface area contributed by atoms with Gasteiger partial charge in [-0.2, -0.15) is 0 Å². The maximum atomic E-state index is 10.1. The van der Waals surface area contributed by atoms with Gasteiger partial charge in [0.1, 0.15) is 12.1 Å². The Morgan fingerprint density at radius 1 is 1.17 bits per heavy atom. The Bertz CT molecular complexity index is 712. The number of halogens is 1. The summed E-state index contributed by atoms with van der Waals surface area (Å²) >= 11 is 6.32. The van der Waals surface area contributed by atoms with E-state index in [0.29, 0.717) is 0 Å². The maximum Gasteiger partial charge on any atom is 0.135 e. The Labute approximate surface area is 148 Å². The fourth-order valence-electron chi connectivity index (χ4n) is 3.47. The van der Waals surface area contributed by atoms with E-state index in [1.54, 1.807) is 6.33 Å². The molecular formula is C19H24ClN3O. The predicted molar refractivity (Wildman–Crippen MR) is 97.6 cm³/mol. The number of rotatable bonds is 4. The molecule has 1 aromatic heterocycles. The fourth-order valence-corrected chi connectivity index (χ4v) is 3.68.